The van der Waals surface area contributed by atoms with Crippen molar-refractivity contribution < 1.29 is 14.3 Å². The van der Waals surface area contributed by atoms with Crippen molar-refractivity contribution in [3.05, 3.63) is 60.2 Å². The first-order chi connectivity index (χ1) is 14.2. The lowest BCUT2D eigenvalue weighted by molar-refractivity contribution is -0.141. The van der Waals surface area contributed by atoms with Gasteiger partial charge in [0, 0.05) is 18.8 Å². The molecule has 2 aromatic carbocycles. The standard InChI is InChI=1S/C21H22N4O3S/c1-2-27-18-10-8-17(9-11-18)24-12-13-25-20(24)22-23-21(25)29-15-19(26)28-14-16-6-4-3-5-7-16/h3-11H,2,12-15H2,1H3. The van der Waals surface area contributed by atoms with E-state index in [0.717, 1.165) is 41.2 Å². The van der Waals surface area contributed by atoms with Gasteiger partial charge in [-0.25, -0.2) is 0 Å². The highest BCUT2D eigenvalue weighted by atomic mass is 32.2. The normalized spacial score (nSPS) is 12.7. The molecule has 7 nitrogen and oxygen atoms in total. The van der Waals surface area contributed by atoms with Crippen molar-refractivity contribution in [1.82, 2.24) is 14.8 Å². The largest absolute Gasteiger partial charge is 0.494 e. The molecule has 1 aliphatic heterocycles. The molecule has 1 aromatic heterocycles. The maximum Gasteiger partial charge on any atom is 0.316 e. The molecule has 3 aromatic rings. The van der Waals surface area contributed by atoms with Gasteiger partial charge in [-0.1, -0.05) is 42.1 Å². The van der Waals surface area contributed by atoms with Crippen LogP contribution in [0.4, 0.5) is 11.6 Å². The van der Waals surface area contributed by atoms with Gasteiger partial charge in [0.15, 0.2) is 5.16 Å². The fraction of sp³-hybridized carbons (Fsp3) is 0.286. The quantitative estimate of drug-likeness (QED) is 0.415. The molecule has 0 bridgehead atoms. The predicted octanol–water partition coefficient (Wildman–Crippen LogP) is 3.66. The van der Waals surface area contributed by atoms with Crippen LogP contribution in [-0.4, -0.2) is 39.6 Å². The van der Waals surface area contributed by atoms with Crippen LogP contribution in [-0.2, 0) is 22.7 Å². The van der Waals surface area contributed by atoms with E-state index in [9.17, 15) is 4.79 Å². The third-order valence-electron chi connectivity index (χ3n) is 4.51. The summed E-state index contributed by atoms with van der Waals surface area (Å²) >= 11 is 1.35. The van der Waals surface area contributed by atoms with E-state index >= 15 is 0 Å². The van der Waals surface area contributed by atoms with E-state index < -0.39 is 0 Å². The maximum atomic E-state index is 12.1. The number of carbonyl (C=O) groups is 1. The molecule has 0 amide bonds. The number of aromatic nitrogens is 3. The van der Waals surface area contributed by atoms with E-state index in [1.165, 1.54) is 11.8 Å². The summed E-state index contributed by atoms with van der Waals surface area (Å²) in [5, 5.41) is 9.30. The number of hydrogen-bond acceptors (Lipinski definition) is 7. The van der Waals surface area contributed by atoms with Crippen LogP contribution >= 0.6 is 11.8 Å². The Kier molecular flexibility index (Phi) is 6.00. The predicted molar refractivity (Wildman–Crippen MR) is 112 cm³/mol. The minimum atomic E-state index is -0.266. The molecule has 0 fully saturated rings. The first-order valence-electron chi connectivity index (χ1n) is 9.50. The monoisotopic (exact) mass is 410 g/mol. The highest BCUT2D eigenvalue weighted by Crippen LogP contribution is 2.32. The number of benzene rings is 2. The van der Waals surface area contributed by atoms with Gasteiger partial charge in [0.1, 0.15) is 12.4 Å². The number of carbonyl (C=O) groups excluding carboxylic acids is 1. The minimum Gasteiger partial charge on any atom is -0.494 e. The summed E-state index contributed by atoms with van der Waals surface area (Å²) < 4.78 is 12.9. The minimum absolute atomic E-state index is 0.202. The smallest absolute Gasteiger partial charge is 0.316 e. The zero-order valence-corrected chi connectivity index (χ0v) is 17.0. The van der Waals surface area contributed by atoms with Crippen molar-refractivity contribution in [1.29, 1.82) is 0 Å². The van der Waals surface area contributed by atoms with E-state index in [4.69, 9.17) is 9.47 Å². The lowest BCUT2D eigenvalue weighted by Crippen LogP contribution is -2.14. The number of thioether (sulfide) groups is 1. The number of hydrogen-bond donors (Lipinski definition) is 0. The molecule has 0 unspecified atom stereocenters. The van der Waals surface area contributed by atoms with Gasteiger partial charge in [-0.3, -0.25) is 9.36 Å². The molecular formula is C21H22N4O3S. The lowest BCUT2D eigenvalue weighted by Gasteiger charge is -2.15. The summed E-state index contributed by atoms with van der Waals surface area (Å²) in [6.07, 6.45) is 0. The zero-order valence-electron chi connectivity index (χ0n) is 16.2. The number of ether oxygens (including phenoxy) is 2. The van der Waals surface area contributed by atoms with Crippen LogP contribution in [0, 0.1) is 0 Å². The van der Waals surface area contributed by atoms with Crippen LogP contribution in [0.2, 0.25) is 0 Å². The molecule has 1 aliphatic rings. The average Bonchev–Trinajstić information content (AvgIpc) is 3.35. The Labute approximate surface area is 173 Å². The SMILES string of the molecule is CCOc1ccc(N2CCn3c(SCC(=O)OCc4ccccc4)nnc32)cc1. The molecular weight excluding hydrogens is 388 g/mol. The summed E-state index contributed by atoms with van der Waals surface area (Å²) in [4.78, 5) is 14.2. The highest BCUT2D eigenvalue weighted by Gasteiger charge is 2.26. The Morgan fingerprint density at radius 1 is 1.07 bits per heavy atom. The second-order valence-electron chi connectivity index (χ2n) is 6.45. The summed E-state index contributed by atoms with van der Waals surface area (Å²) in [5.41, 5.74) is 2.01. The molecule has 0 saturated heterocycles. The van der Waals surface area contributed by atoms with Crippen molar-refractivity contribution in [3.63, 3.8) is 0 Å². The molecule has 8 heteroatoms. The average molecular weight is 410 g/mol. The molecule has 0 N–H and O–H groups in total. The fourth-order valence-corrected chi connectivity index (χ4v) is 3.88. The van der Waals surface area contributed by atoms with Crippen molar-refractivity contribution in [2.75, 3.05) is 23.8 Å². The number of anilines is 2. The third kappa shape index (κ3) is 4.54. The van der Waals surface area contributed by atoms with E-state index in [-0.39, 0.29) is 18.3 Å². The Morgan fingerprint density at radius 3 is 2.62 bits per heavy atom. The van der Waals surface area contributed by atoms with Crippen LogP contribution in [0.3, 0.4) is 0 Å². The summed E-state index contributed by atoms with van der Waals surface area (Å²) in [5.74, 6) is 1.57. The number of esters is 1. The number of rotatable bonds is 8. The van der Waals surface area contributed by atoms with E-state index in [1.54, 1.807) is 0 Å². The van der Waals surface area contributed by atoms with Gasteiger partial charge in [0.25, 0.3) is 0 Å². The molecule has 0 atom stereocenters. The number of nitrogens with zero attached hydrogens (tertiary/aromatic N) is 4. The van der Waals surface area contributed by atoms with Gasteiger partial charge in [0.2, 0.25) is 5.95 Å². The lowest BCUT2D eigenvalue weighted by atomic mass is 10.2. The van der Waals surface area contributed by atoms with Gasteiger partial charge in [0.05, 0.1) is 12.4 Å². The Bertz CT molecular complexity index is 960. The van der Waals surface area contributed by atoms with Gasteiger partial charge >= 0.3 is 5.97 Å². The Balaban J connectivity index is 1.34. The Morgan fingerprint density at radius 2 is 1.86 bits per heavy atom. The zero-order chi connectivity index (χ0) is 20.1. The van der Waals surface area contributed by atoms with Crippen molar-refractivity contribution >= 4 is 29.4 Å². The summed E-state index contributed by atoms with van der Waals surface area (Å²) in [6, 6.07) is 17.6. The van der Waals surface area contributed by atoms with Gasteiger partial charge in [-0.15, -0.1) is 10.2 Å². The fourth-order valence-electron chi connectivity index (χ4n) is 3.12. The van der Waals surface area contributed by atoms with Crippen molar-refractivity contribution in [2.45, 2.75) is 25.2 Å². The van der Waals surface area contributed by atoms with Gasteiger partial charge in [-0.2, -0.15) is 0 Å². The second-order valence-corrected chi connectivity index (χ2v) is 7.39. The first kappa shape index (κ1) is 19.3. The first-order valence-corrected chi connectivity index (χ1v) is 10.5. The van der Waals surface area contributed by atoms with Crippen LogP contribution < -0.4 is 9.64 Å². The van der Waals surface area contributed by atoms with Crippen LogP contribution in [0.15, 0.2) is 59.8 Å². The van der Waals surface area contributed by atoms with Crippen LogP contribution in [0.25, 0.3) is 0 Å². The summed E-state index contributed by atoms with van der Waals surface area (Å²) in [6.45, 7) is 4.48. The van der Waals surface area contributed by atoms with Gasteiger partial charge in [-0.05, 0) is 36.8 Å². The summed E-state index contributed by atoms with van der Waals surface area (Å²) in [7, 11) is 0. The highest BCUT2D eigenvalue weighted by molar-refractivity contribution is 7.99. The maximum absolute atomic E-state index is 12.1. The van der Waals surface area contributed by atoms with Crippen LogP contribution in [0.1, 0.15) is 12.5 Å². The Hall–Kier alpha value is -3.00. The molecule has 29 heavy (non-hydrogen) atoms. The molecule has 4 rings (SSSR count). The van der Waals surface area contributed by atoms with E-state index in [0.29, 0.717) is 6.61 Å². The molecule has 0 radical (unpaired) electrons. The second kappa shape index (κ2) is 9.00. The molecule has 0 spiro atoms. The van der Waals surface area contributed by atoms with E-state index in [2.05, 4.69) is 15.1 Å². The molecule has 2 heterocycles. The molecule has 150 valence electrons. The van der Waals surface area contributed by atoms with Crippen LogP contribution in [0.5, 0.6) is 5.75 Å². The van der Waals surface area contributed by atoms with Crippen molar-refractivity contribution in [2.24, 2.45) is 0 Å². The molecule has 0 saturated carbocycles. The molecule has 0 aliphatic carbocycles. The van der Waals surface area contributed by atoms with Crippen molar-refractivity contribution in [3.8, 4) is 5.75 Å². The topological polar surface area (TPSA) is 69.5 Å². The third-order valence-corrected chi connectivity index (χ3v) is 5.45. The van der Waals surface area contributed by atoms with E-state index in [1.807, 2.05) is 66.1 Å². The number of fused-ring (bicyclic) bond motifs is 1. The van der Waals surface area contributed by atoms with Gasteiger partial charge < -0.3 is 14.4 Å².